The lowest BCUT2D eigenvalue weighted by Gasteiger charge is -2.24. The van der Waals surface area contributed by atoms with Gasteiger partial charge in [-0.2, -0.15) is 24.5 Å². The predicted octanol–water partition coefficient (Wildman–Crippen LogP) is 3.41. The summed E-state index contributed by atoms with van der Waals surface area (Å²) in [4.78, 5) is 13.6. The number of rotatable bonds is 5. The highest BCUT2D eigenvalue weighted by molar-refractivity contribution is 7.89. The summed E-state index contributed by atoms with van der Waals surface area (Å²) in [5.74, 6) is -0.403. The molecule has 5 nitrogen and oxygen atoms in total. The Kier molecular flexibility index (Phi) is 5.59. The summed E-state index contributed by atoms with van der Waals surface area (Å²) < 4.78 is 65.0. The quantitative estimate of drug-likeness (QED) is 0.809. The van der Waals surface area contributed by atoms with E-state index < -0.39 is 39.1 Å². The van der Waals surface area contributed by atoms with Crippen LogP contribution >= 0.6 is 11.3 Å². The third kappa shape index (κ3) is 4.50. The van der Waals surface area contributed by atoms with E-state index in [1.165, 1.54) is 11.3 Å². The molecule has 3 rings (SSSR count). The van der Waals surface area contributed by atoms with E-state index in [4.69, 9.17) is 0 Å². The van der Waals surface area contributed by atoms with Gasteiger partial charge in [0, 0.05) is 6.54 Å². The maximum absolute atomic E-state index is 12.8. The van der Waals surface area contributed by atoms with Gasteiger partial charge in [0.15, 0.2) is 0 Å². The number of nitrogens with zero attached hydrogens (tertiary/aromatic N) is 1. The van der Waals surface area contributed by atoms with Crippen LogP contribution in [0.5, 0.6) is 0 Å². The molecule has 1 saturated heterocycles. The summed E-state index contributed by atoms with van der Waals surface area (Å²) in [7, 11) is -4.23. The van der Waals surface area contributed by atoms with Crippen molar-refractivity contribution in [3.8, 4) is 0 Å². The maximum Gasteiger partial charge on any atom is 0.416 e. The molecule has 0 radical (unpaired) electrons. The average molecular weight is 418 g/mol. The largest absolute Gasteiger partial charge is 0.416 e. The second-order valence-corrected chi connectivity index (χ2v) is 8.70. The first-order chi connectivity index (χ1) is 12.7. The summed E-state index contributed by atoms with van der Waals surface area (Å²) in [6.45, 7) is 0.0177. The zero-order chi connectivity index (χ0) is 19.7. The molecule has 10 heteroatoms. The number of amides is 1. The number of hydrogen-bond donors (Lipinski definition) is 1. The van der Waals surface area contributed by atoms with E-state index in [0.29, 0.717) is 12.6 Å². The van der Waals surface area contributed by atoms with E-state index in [-0.39, 0.29) is 6.04 Å². The molecule has 1 unspecified atom stereocenters. The van der Waals surface area contributed by atoms with Crippen molar-refractivity contribution in [1.82, 2.24) is 9.62 Å². The van der Waals surface area contributed by atoms with Gasteiger partial charge < -0.3 is 4.90 Å². The van der Waals surface area contributed by atoms with Crippen LogP contribution in [0.15, 0.2) is 46.0 Å². The smallest absolute Gasteiger partial charge is 0.334 e. The molecular weight excluding hydrogens is 401 g/mol. The first-order valence-corrected chi connectivity index (χ1v) is 10.6. The first kappa shape index (κ1) is 19.8. The van der Waals surface area contributed by atoms with Crippen molar-refractivity contribution in [3.05, 3.63) is 52.2 Å². The Balaban J connectivity index is 1.69. The average Bonchev–Trinajstić information content (AvgIpc) is 3.30. The molecule has 1 fully saturated rings. The molecular formula is C17H17F3N2O3S2. The lowest BCUT2D eigenvalue weighted by Crippen LogP contribution is -2.39. The predicted molar refractivity (Wildman–Crippen MR) is 94.6 cm³/mol. The summed E-state index contributed by atoms with van der Waals surface area (Å²) in [5, 5.41) is 3.86. The number of halogens is 3. The Morgan fingerprint density at radius 2 is 2.07 bits per heavy atom. The number of benzene rings is 1. The fourth-order valence-corrected chi connectivity index (χ4v) is 4.78. The number of sulfonamides is 1. The molecule has 27 heavy (non-hydrogen) atoms. The summed E-state index contributed by atoms with van der Waals surface area (Å²) in [6, 6.07) is 5.25. The van der Waals surface area contributed by atoms with Gasteiger partial charge in [-0.05, 0) is 53.4 Å². The van der Waals surface area contributed by atoms with Gasteiger partial charge in [0.2, 0.25) is 15.9 Å². The molecule has 0 aliphatic carbocycles. The Hall–Kier alpha value is -1.91. The molecule has 1 aliphatic rings. The van der Waals surface area contributed by atoms with Crippen LogP contribution in [0.3, 0.4) is 0 Å². The zero-order valence-electron chi connectivity index (χ0n) is 14.1. The van der Waals surface area contributed by atoms with Gasteiger partial charge in [-0.15, -0.1) is 0 Å². The van der Waals surface area contributed by atoms with Crippen LogP contribution in [0.2, 0.25) is 0 Å². The molecule has 1 aromatic carbocycles. The van der Waals surface area contributed by atoms with Crippen molar-refractivity contribution in [3.63, 3.8) is 0 Å². The van der Waals surface area contributed by atoms with Crippen LogP contribution in [0.1, 0.15) is 30.0 Å². The van der Waals surface area contributed by atoms with Crippen molar-refractivity contribution >= 4 is 27.3 Å². The van der Waals surface area contributed by atoms with Crippen molar-refractivity contribution in [1.29, 1.82) is 0 Å². The van der Waals surface area contributed by atoms with Gasteiger partial charge in [0.05, 0.1) is 23.0 Å². The number of thiophene rings is 1. The molecule has 1 N–H and O–H groups in total. The van der Waals surface area contributed by atoms with E-state index in [0.717, 1.165) is 36.6 Å². The third-order valence-corrected chi connectivity index (χ3v) is 6.49. The standard InChI is InChI=1S/C17H17F3N2O3S2/c18-17(19,20)13-3-1-4-14(9-13)27(24,25)21-10-16(23)22-7-2-5-15(22)12-6-8-26-11-12/h1,3-4,6,8-9,11,15,21H,2,5,7,10H2. The third-order valence-electron chi connectivity index (χ3n) is 4.39. The van der Waals surface area contributed by atoms with Crippen LogP contribution in [0.4, 0.5) is 13.2 Å². The zero-order valence-corrected chi connectivity index (χ0v) is 15.7. The molecule has 1 atom stereocenters. The first-order valence-electron chi connectivity index (χ1n) is 8.17. The number of nitrogens with one attached hydrogen (secondary N) is 1. The number of carbonyl (C=O) groups excluding carboxylic acids is 1. The van der Waals surface area contributed by atoms with Gasteiger partial charge in [-0.3, -0.25) is 4.79 Å². The SMILES string of the molecule is O=C(CNS(=O)(=O)c1cccc(C(F)(F)F)c1)N1CCCC1c1ccsc1. The monoisotopic (exact) mass is 418 g/mol. The molecule has 2 heterocycles. The van der Waals surface area contributed by atoms with Crippen LogP contribution < -0.4 is 4.72 Å². The van der Waals surface area contributed by atoms with Gasteiger partial charge in [0.25, 0.3) is 0 Å². The molecule has 1 aromatic heterocycles. The van der Waals surface area contributed by atoms with E-state index in [1.807, 2.05) is 16.8 Å². The highest BCUT2D eigenvalue weighted by Crippen LogP contribution is 2.33. The number of carbonyl (C=O) groups is 1. The Morgan fingerprint density at radius 1 is 1.30 bits per heavy atom. The van der Waals surface area contributed by atoms with Gasteiger partial charge in [-0.1, -0.05) is 6.07 Å². The summed E-state index contributed by atoms with van der Waals surface area (Å²) in [5.41, 5.74) is -0.0552. The number of hydrogen-bond acceptors (Lipinski definition) is 4. The van der Waals surface area contributed by atoms with Crippen LogP contribution in [0.25, 0.3) is 0 Å². The van der Waals surface area contributed by atoms with E-state index in [2.05, 4.69) is 4.72 Å². The van der Waals surface area contributed by atoms with E-state index in [9.17, 15) is 26.4 Å². The molecule has 2 aromatic rings. The van der Waals surface area contributed by atoms with Crippen LogP contribution in [-0.2, 0) is 21.0 Å². The molecule has 1 aliphatic heterocycles. The lowest BCUT2D eigenvalue weighted by atomic mass is 10.1. The Bertz CT molecular complexity index is 912. The van der Waals surface area contributed by atoms with Crippen molar-refractivity contribution in [2.75, 3.05) is 13.1 Å². The maximum atomic E-state index is 12.8. The molecule has 0 bridgehead atoms. The minimum Gasteiger partial charge on any atom is -0.334 e. The minimum atomic E-state index is -4.65. The van der Waals surface area contributed by atoms with Crippen molar-refractivity contribution in [2.45, 2.75) is 30.0 Å². The second kappa shape index (κ2) is 7.61. The van der Waals surface area contributed by atoms with Crippen LogP contribution in [-0.4, -0.2) is 32.3 Å². The Morgan fingerprint density at radius 3 is 2.74 bits per heavy atom. The molecule has 146 valence electrons. The normalized spacial score (nSPS) is 18.0. The molecule has 0 saturated carbocycles. The van der Waals surface area contributed by atoms with E-state index in [1.54, 1.807) is 4.90 Å². The molecule has 0 spiro atoms. The number of likely N-dealkylation sites (tertiary alicyclic amines) is 1. The lowest BCUT2D eigenvalue weighted by molar-refractivity contribution is -0.137. The van der Waals surface area contributed by atoms with Crippen LogP contribution in [0, 0.1) is 0 Å². The van der Waals surface area contributed by atoms with Gasteiger partial charge >= 0.3 is 6.18 Å². The Labute approximate surface area is 158 Å². The summed E-state index contributed by atoms with van der Waals surface area (Å²) in [6.07, 6.45) is -3.04. The highest BCUT2D eigenvalue weighted by Gasteiger charge is 2.33. The minimum absolute atomic E-state index is 0.0955. The number of alkyl halides is 3. The van der Waals surface area contributed by atoms with Gasteiger partial charge in [0.1, 0.15) is 0 Å². The second-order valence-electron chi connectivity index (χ2n) is 6.15. The van der Waals surface area contributed by atoms with E-state index >= 15 is 0 Å². The molecule has 1 amide bonds. The highest BCUT2D eigenvalue weighted by atomic mass is 32.2. The fourth-order valence-electron chi connectivity index (χ4n) is 3.06. The van der Waals surface area contributed by atoms with Crippen molar-refractivity contribution in [2.24, 2.45) is 0 Å². The summed E-state index contributed by atoms with van der Waals surface area (Å²) >= 11 is 1.52. The fraction of sp³-hybridized carbons (Fsp3) is 0.353. The van der Waals surface area contributed by atoms with Gasteiger partial charge in [-0.25, -0.2) is 13.1 Å². The topological polar surface area (TPSA) is 66.5 Å². The van der Waals surface area contributed by atoms with Crippen molar-refractivity contribution < 1.29 is 26.4 Å².